The first-order valence-electron chi connectivity index (χ1n) is 25.2. The Morgan fingerprint density at radius 2 is 0.893 bits per heavy atom. The van der Waals surface area contributed by atoms with Crippen molar-refractivity contribution >= 4 is 11.9 Å². The number of hydrogen-bond donors (Lipinski definition) is 1. The van der Waals surface area contributed by atoms with Crippen molar-refractivity contribution in [2.45, 2.75) is 271 Å². The van der Waals surface area contributed by atoms with Crippen LogP contribution in [0.2, 0.25) is 0 Å². The molecule has 1 aliphatic carbocycles. The number of carbonyl (C=O) groups is 2. The van der Waals surface area contributed by atoms with Crippen molar-refractivity contribution in [3.8, 4) is 0 Å². The van der Waals surface area contributed by atoms with Crippen LogP contribution in [0, 0.1) is 5.41 Å². The van der Waals surface area contributed by atoms with Gasteiger partial charge in [0.25, 0.3) is 0 Å². The number of aliphatic hydroxyl groups is 1. The zero-order valence-corrected chi connectivity index (χ0v) is 38.0. The molecule has 0 spiro atoms. The molecule has 56 heavy (non-hydrogen) atoms. The highest BCUT2D eigenvalue weighted by Crippen LogP contribution is 2.50. The molecular weight excluding hydrogens is 695 g/mol. The molecule has 0 radical (unpaired) electrons. The average molecular weight is 792 g/mol. The van der Waals surface area contributed by atoms with Gasteiger partial charge in [-0.3, -0.25) is 9.59 Å². The van der Waals surface area contributed by atoms with E-state index in [1.165, 1.54) is 180 Å². The summed E-state index contributed by atoms with van der Waals surface area (Å²) in [7, 11) is 0. The lowest BCUT2D eigenvalue weighted by Crippen LogP contribution is -2.27. The van der Waals surface area contributed by atoms with Crippen LogP contribution in [-0.2, 0) is 19.1 Å². The Kier molecular flexibility index (Phi) is 37.1. The normalized spacial score (nSPS) is 13.5. The summed E-state index contributed by atoms with van der Waals surface area (Å²) in [6.45, 7) is 11.0. The minimum atomic E-state index is 0.0118. The van der Waals surface area contributed by atoms with Gasteiger partial charge in [-0.1, -0.05) is 168 Å². The Balaban J connectivity index is 2.23. The van der Waals surface area contributed by atoms with E-state index in [0.29, 0.717) is 19.4 Å². The molecule has 0 heterocycles. The van der Waals surface area contributed by atoms with Crippen LogP contribution in [0.15, 0.2) is 0 Å². The molecule has 6 heteroatoms. The van der Waals surface area contributed by atoms with Crippen LogP contribution < -0.4 is 0 Å². The van der Waals surface area contributed by atoms with Gasteiger partial charge in [0.2, 0.25) is 0 Å². The second-order valence-corrected chi connectivity index (χ2v) is 18.1. The van der Waals surface area contributed by atoms with Crippen LogP contribution in [0.1, 0.15) is 265 Å². The summed E-state index contributed by atoms with van der Waals surface area (Å²) in [6.07, 6.45) is 45.1. The first-order chi connectivity index (χ1) is 27.5. The molecule has 0 aromatic heterocycles. The standard InChI is InChI=1S/C50H97NO5/c1-4-7-10-13-16-20-26-35-47(36-27-21-17-14-11-8-5-2)56-49(54)38-29-23-19-24-31-42-51(44-33-34-45-52)43-32-25-30-39-50(40-41-50)46-55-48(53)37-28-22-18-15-12-9-6-3/h47,52H,4-46H2,1-3H3. The molecule has 1 aliphatic rings. The maximum absolute atomic E-state index is 12.8. The fraction of sp³-hybridized carbons (Fsp3) is 0.960. The van der Waals surface area contributed by atoms with Crippen molar-refractivity contribution in [2.75, 3.05) is 32.8 Å². The highest BCUT2D eigenvalue weighted by atomic mass is 16.5. The predicted octanol–water partition coefficient (Wildman–Crippen LogP) is 14.6. The lowest BCUT2D eigenvalue weighted by molar-refractivity contribution is -0.150. The van der Waals surface area contributed by atoms with Crippen molar-refractivity contribution in [2.24, 2.45) is 5.41 Å². The number of ether oxygens (including phenoxy) is 2. The quantitative estimate of drug-likeness (QED) is 0.0489. The van der Waals surface area contributed by atoms with Gasteiger partial charge >= 0.3 is 11.9 Å². The van der Waals surface area contributed by atoms with Gasteiger partial charge in [-0.05, 0) is 103 Å². The van der Waals surface area contributed by atoms with Gasteiger partial charge in [0.15, 0.2) is 0 Å². The van der Waals surface area contributed by atoms with Crippen LogP contribution >= 0.6 is 0 Å². The predicted molar refractivity (Wildman–Crippen MR) is 239 cm³/mol. The Hall–Kier alpha value is -1.14. The zero-order chi connectivity index (χ0) is 40.6. The Labute approximate surface area is 349 Å². The van der Waals surface area contributed by atoms with Gasteiger partial charge in [-0.15, -0.1) is 0 Å². The number of hydrogen-bond acceptors (Lipinski definition) is 6. The largest absolute Gasteiger partial charge is 0.465 e. The smallest absolute Gasteiger partial charge is 0.306 e. The van der Waals surface area contributed by atoms with Crippen LogP contribution in [0.4, 0.5) is 0 Å². The Morgan fingerprint density at radius 1 is 0.500 bits per heavy atom. The molecule has 0 aromatic carbocycles. The minimum absolute atomic E-state index is 0.0118. The van der Waals surface area contributed by atoms with E-state index >= 15 is 0 Å². The maximum atomic E-state index is 12.8. The lowest BCUT2D eigenvalue weighted by Gasteiger charge is -2.22. The molecule has 6 nitrogen and oxygen atoms in total. The Morgan fingerprint density at radius 3 is 1.36 bits per heavy atom. The molecule has 0 amide bonds. The summed E-state index contributed by atoms with van der Waals surface area (Å²) >= 11 is 0. The molecule has 1 rings (SSSR count). The van der Waals surface area contributed by atoms with E-state index in [0.717, 1.165) is 71.0 Å². The molecule has 0 bridgehead atoms. The number of carbonyl (C=O) groups excluding carboxylic acids is 2. The fourth-order valence-corrected chi connectivity index (χ4v) is 8.27. The molecule has 0 aliphatic heterocycles. The van der Waals surface area contributed by atoms with Gasteiger partial charge < -0.3 is 19.5 Å². The minimum Gasteiger partial charge on any atom is -0.465 e. The summed E-state index contributed by atoms with van der Waals surface area (Å²) in [5.41, 5.74) is 0.273. The highest BCUT2D eigenvalue weighted by Gasteiger charge is 2.43. The highest BCUT2D eigenvalue weighted by molar-refractivity contribution is 5.69. The lowest BCUT2D eigenvalue weighted by atomic mass is 9.99. The first-order valence-corrected chi connectivity index (χ1v) is 25.2. The van der Waals surface area contributed by atoms with Gasteiger partial charge in [-0.2, -0.15) is 0 Å². The molecule has 332 valence electrons. The fourth-order valence-electron chi connectivity index (χ4n) is 8.27. The summed E-state index contributed by atoms with van der Waals surface area (Å²) in [6, 6.07) is 0. The average Bonchev–Trinajstić information content (AvgIpc) is 3.97. The van der Waals surface area contributed by atoms with E-state index in [2.05, 4.69) is 25.7 Å². The number of nitrogens with zero attached hydrogens (tertiary/aromatic N) is 1. The molecular formula is C50H97NO5. The number of esters is 2. The van der Waals surface area contributed by atoms with E-state index in [1.807, 2.05) is 0 Å². The second-order valence-electron chi connectivity index (χ2n) is 18.1. The molecule has 0 unspecified atom stereocenters. The van der Waals surface area contributed by atoms with E-state index in [9.17, 15) is 14.7 Å². The number of rotatable bonds is 45. The molecule has 1 fully saturated rings. The molecule has 0 saturated heterocycles. The van der Waals surface area contributed by atoms with Crippen molar-refractivity contribution in [1.29, 1.82) is 0 Å². The van der Waals surface area contributed by atoms with Crippen LogP contribution in [-0.4, -0.2) is 60.9 Å². The Bertz CT molecular complexity index is 842. The van der Waals surface area contributed by atoms with Crippen molar-refractivity contribution in [3.05, 3.63) is 0 Å². The van der Waals surface area contributed by atoms with Crippen LogP contribution in [0.5, 0.6) is 0 Å². The van der Waals surface area contributed by atoms with Gasteiger partial charge in [0, 0.05) is 24.9 Å². The third kappa shape index (κ3) is 33.8. The zero-order valence-electron chi connectivity index (χ0n) is 38.0. The van der Waals surface area contributed by atoms with Crippen molar-refractivity contribution in [3.63, 3.8) is 0 Å². The number of aliphatic hydroxyl groups excluding tert-OH is 1. The molecule has 1 N–H and O–H groups in total. The van der Waals surface area contributed by atoms with E-state index in [1.54, 1.807) is 0 Å². The molecule has 0 aromatic rings. The van der Waals surface area contributed by atoms with E-state index in [-0.39, 0.29) is 30.1 Å². The summed E-state index contributed by atoms with van der Waals surface area (Å²) < 4.78 is 11.8. The van der Waals surface area contributed by atoms with Crippen molar-refractivity contribution < 1.29 is 24.2 Å². The van der Waals surface area contributed by atoms with Crippen LogP contribution in [0.3, 0.4) is 0 Å². The second kappa shape index (κ2) is 39.3. The van der Waals surface area contributed by atoms with Gasteiger partial charge in [-0.25, -0.2) is 0 Å². The SMILES string of the molecule is CCCCCCCCCC(=O)OCC1(CCCCCN(CCCCO)CCCCCCCC(=O)OC(CCCCCCCCC)CCCCCCCCC)CC1. The summed E-state index contributed by atoms with van der Waals surface area (Å²) in [5, 5.41) is 9.34. The summed E-state index contributed by atoms with van der Waals surface area (Å²) in [4.78, 5) is 27.8. The van der Waals surface area contributed by atoms with Gasteiger partial charge in [0.1, 0.15) is 6.10 Å². The topological polar surface area (TPSA) is 76.1 Å². The molecule has 0 atom stereocenters. The first kappa shape index (κ1) is 52.9. The maximum Gasteiger partial charge on any atom is 0.306 e. The van der Waals surface area contributed by atoms with E-state index < -0.39 is 0 Å². The third-order valence-electron chi connectivity index (χ3n) is 12.5. The van der Waals surface area contributed by atoms with Crippen LogP contribution in [0.25, 0.3) is 0 Å². The third-order valence-corrected chi connectivity index (χ3v) is 12.5. The monoisotopic (exact) mass is 792 g/mol. The van der Waals surface area contributed by atoms with Crippen molar-refractivity contribution in [1.82, 2.24) is 4.90 Å². The summed E-state index contributed by atoms with van der Waals surface area (Å²) in [5.74, 6) is 0.0427. The van der Waals surface area contributed by atoms with Gasteiger partial charge in [0.05, 0.1) is 6.61 Å². The molecule has 1 saturated carbocycles. The van der Waals surface area contributed by atoms with E-state index in [4.69, 9.17) is 9.47 Å². The number of unbranched alkanes of at least 4 members (excludes halogenated alkanes) is 25.